The Hall–Kier alpha value is -1.81. The van der Waals surface area contributed by atoms with E-state index in [9.17, 15) is 0 Å². The van der Waals surface area contributed by atoms with Gasteiger partial charge in [0.25, 0.3) is 0 Å². The maximum atomic E-state index is 5.70. The topological polar surface area (TPSA) is 57.9 Å². The van der Waals surface area contributed by atoms with Crippen molar-refractivity contribution in [3.63, 3.8) is 0 Å². The van der Waals surface area contributed by atoms with E-state index in [0.29, 0.717) is 5.92 Å². The van der Waals surface area contributed by atoms with Gasteiger partial charge < -0.3 is 15.6 Å². The Labute approximate surface area is 113 Å². The molecule has 3 rings (SSSR count). The molecule has 1 aromatic heterocycles. The number of likely N-dealkylation sites (tertiary alicyclic amines) is 1. The number of benzene rings is 1. The van der Waals surface area contributed by atoms with E-state index in [-0.39, 0.29) is 0 Å². The third kappa shape index (κ3) is 2.63. The van der Waals surface area contributed by atoms with Gasteiger partial charge >= 0.3 is 0 Å². The standard InChI is InChI=1S/C15H20N4/c1-19-8-6-11(7-9-19)14-10-17-15(18-14)12-2-4-13(16)5-3-12/h2-5,10-11H,6-9,16H2,1H3,(H,17,18). The van der Waals surface area contributed by atoms with Crippen LogP contribution in [0.15, 0.2) is 30.5 Å². The Bertz CT molecular complexity index is 536. The normalized spacial score (nSPS) is 17.7. The van der Waals surface area contributed by atoms with E-state index in [1.807, 2.05) is 30.5 Å². The predicted octanol–water partition coefficient (Wildman–Crippen LogP) is 2.47. The van der Waals surface area contributed by atoms with Crippen molar-refractivity contribution in [1.82, 2.24) is 14.9 Å². The maximum absolute atomic E-state index is 5.70. The first-order valence-electron chi connectivity index (χ1n) is 6.82. The zero-order valence-corrected chi connectivity index (χ0v) is 11.3. The molecule has 0 bridgehead atoms. The van der Waals surface area contributed by atoms with Crippen LogP contribution in [0.25, 0.3) is 11.4 Å². The fourth-order valence-corrected chi connectivity index (χ4v) is 2.65. The summed E-state index contributed by atoms with van der Waals surface area (Å²) in [5.41, 5.74) is 8.84. The van der Waals surface area contributed by atoms with Crippen LogP contribution in [0.1, 0.15) is 24.5 Å². The highest BCUT2D eigenvalue weighted by molar-refractivity contribution is 5.58. The second-order valence-electron chi connectivity index (χ2n) is 5.39. The van der Waals surface area contributed by atoms with Crippen molar-refractivity contribution < 1.29 is 0 Å². The van der Waals surface area contributed by atoms with Crippen molar-refractivity contribution in [2.24, 2.45) is 0 Å². The molecule has 0 radical (unpaired) electrons. The van der Waals surface area contributed by atoms with E-state index >= 15 is 0 Å². The van der Waals surface area contributed by atoms with Crippen LogP contribution >= 0.6 is 0 Å². The second-order valence-corrected chi connectivity index (χ2v) is 5.39. The third-order valence-electron chi connectivity index (χ3n) is 3.94. The number of rotatable bonds is 2. The Morgan fingerprint density at radius 2 is 1.89 bits per heavy atom. The fraction of sp³-hybridized carbons (Fsp3) is 0.400. The Morgan fingerprint density at radius 1 is 1.21 bits per heavy atom. The average Bonchev–Trinajstić information content (AvgIpc) is 2.90. The van der Waals surface area contributed by atoms with Crippen molar-refractivity contribution in [2.45, 2.75) is 18.8 Å². The number of H-pyrrole nitrogens is 1. The van der Waals surface area contributed by atoms with E-state index in [0.717, 1.165) is 17.1 Å². The maximum Gasteiger partial charge on any atom is 0.137 e. The van der Waals surface area contributed by atoms with Crippen LogP contribution in [-0.2, 0) is 0 Å². The van der Waals surface area contributed by atoms with Crippen molar-refractivity contribution in [3.8, 4) is 11.4 Å². The van der Waals surface area contributed by atoms with Gasteiger partial charge in [-0.2, -0.15) is 0 Å². The first kappa shape index (κ1) is 12.2. The highest BCUT2D eigenvalue weighted by Gasteiger charge is 2.20. The van der Waals surface area contributed by atoms with Gasteiger partial charge in [0.2, 0.25) is 0 Å². The molecule has 0 unspecified atom stereocenters. The van der Waals surface area contributed by atoms with Gasteiger partial charge in [-0.1, -0.05) is 0 Å². The summed E-state index contributed by atoms with van der Waals surface area (Å²) in [6, 6.07) is 7.83. The minimum atomic E-state index is 0.617. The molecule has 3 N–H and O–H groups in total. The van der Waals surface area contributed by atoms with Gasteiger partial charge in [-0.05, 0) is 57.2 Å². The summed E-state index contributed by atoms with van der Waals surface area (Å²) in [5.74, 6) is 1.56. The van der Waals surface area contributed by atoms with Gasteiger partial charge in [-0.15, -0.1) is 0 Å². The van der Waals surface area contributed by atoms with Crippen LogP contribution in [0.4, 0.5) is 5.69 Å². The first-order valence-corrected chi connectivity index (χ1v) is 6.82. The Morgan fingerprint density at radius 3 is 2.58 bits per heavy atom. The summed E-state index contributed by atoms with van der Waals surface area (Å²) in [4.78, 5) is 10.3. The van der Waals surface area contributed by atoms with Gasteiger partial charge in [0.05, 0.1) is 0 Å². The van der Waals surface area contributed by atoms with E-state index in [2.05, 4.69) is 21.9 Å². The molecule has 0 spiro atoms. The zero-order valence-electron chi connectivity index (χ0n) is 11.3. The molecule has 2 aromatic rings. The molecule has 1 aliphatic rings. The van der Waals surface area contributed by atoms with Crippen molar-refractivity contribution in [1.29, 1.82) is 0 Å². The van der Waals surface area contributed by atoms with Gasteiger partial charge in [-0.25, -0.2) is 4.98 Å². The number of aromatic nitrogens is 2. The van der Waals surface area contributed by atoms with E-state index in [1.54, 1.807) is 0 Å². The highest BCUT2D eigenvalue weighted by atomic mass is 15.1. The minimum Gasteiger partial charge on any atom is -0.399 e. The molecule has 100 valence electrons. The molecule has 0 atom stereocenters. The lowest BCUT2D eigenvalue weighted by Gasteiger charge is -2.28. The Balaban J connectivity index is 1.77. The van der Waals surface area contributed by atoms with E-state index < -0.39 is 0 Å². The summed E-state index contributed by atoms with van der Waals surface area (Å²) in [6.07, 6.45) is 4.40. The van der Waals surface area contributed by atoms with Gasteiger partial charge in [0.15, 0.2) is 0 Å². The SMILES string of the molecule is CN1CCC(c2cnc(-c3ccc(N)cc3)[nH]2)CC1. The number of nitrogens with two attached hydrogens (primary N) is 1. The molecule has 4 nitrogen and oxygen atoms in total. The zero-order chi connectivity index (χ0) is 13.2. The molecule has 4 heteroatoms. The molecule has 1 saturated heterocycles. The van der Waals surface area contributed by atoms with Crippen molar-refractivity contribution >= 4 is 5.69 Å². The number of imidazole rings is 1. The number of aromatic amines is 1. The number of nitrogens with zero attached hydrogens (tertiary/aromatic N) is 2. The smallest absolute Gasteiger partial charge is 0.137 e. The third-order valence-corrected chi connectivity index (χ3v) is 3.94. The molecule has 0 amide bonds. The summed E-state index contributed by atoms with van der Waals surface area (Å²) in [6.45, 7) is 2.34. The number of nitrogens with one attached hydrogen (secondary N) is 1. The van der Waals surface area contributed by atoms with Crippen molar-refractivity contribution in [2.75, 3.05) is 25.9 Å². The average molecular weight is 256 g/mol. The number of anilines is 1. The fourth-order valence-electron chi connectivity index (χ4n) is 2.65. The molecule has 19 heavy (non-hydrogen) atoms. The van der Waals surface area contributed by atoms with Gasteiger partial charge in [0, 0.05) is 29.1 Å². The lowest BCUT2D eigenvalue weighted by Crippen LogP contribution is -2.29. The van der Waals surface area contributed by atoms with Gasteiger partial charge in [-0.3, -0.25) is 0 Å². The van der Waals surface area contributed by atoms with Crippen LogP contribution < -0.4 is 5.73 Å². The molecule has 2 heterocycles. The van der Waals surface area contributed by atoms with Crippen LogP contribution in [0.2, 0.25) is 0 Å². The second kappa shape index (κ2) is 5.05. The van der Waals surface area contributed by atoms with Crippen molar-refractivity contribution in [3.05, 3.63) is 36.2 Å². The minimum absolute atomic E-state index is 0.617. The van der Waals surface area contributed by atoms with Crippen LogP contribution in [0, 0.1) is 0 Å². The number of piperidine rings is 1. The molecule has 1 aromatic carbocycles. The molecule has 1 fully saturated rings. The summed E-state index contributed by atoms with van der Waals surface area (Å²) in [5, 5.41) is 0. The quantitative estimate of drug-likeness (QED) is 0.812. The number of hydrogen-bond acceptors (Lipinski definition) is 3. The van der Waals surface area contributed by atoms with Gasteiger partial charge in [0.1, 0.15) is 5.82 Å². The Kier molecular flexibility index (Phi) is 3.25. The number of hydrogen-bond donors (Lipinski definition) is 2. The lowest BCUT2D eigenvalue weighted by atomic mass is 9.94. The summed E-state index contributed by atoms with van der Waals surface area (Å²) in [7, 11) is 2.18. The summed E-state index contributed by atoms with van der Waals surface area (Å²) >= 11 is 0. The molecule has 1 aliphatic heterocycles. The van der Waals surface area contributed by atoms with Crippen LogP contribution in [-0.4, -0.2) is 35.0 Å². The molecule has 0 aliphatic carbocycles. The van der Waals surface area contributed by atoms with E-state index in [4.69, 9.17) is 5.73 Å². The van der Waals surface area contributed by atoms with Crippen LogP contribution in [0.5, 0.6) is 0 Å². The molecule has 0 saturated carbocycles. The molecular formula is C15H20N4. The monoisotopic (exact) mass is 256 g/mol. The van der Waals surface area contributed by atoms with Crippen LogP contribution in [0.3, 0.4) is 0 Å². The summed E-state index contributed by atoms with van der Waals surface area (Å²) < 4.78 is 0. The molecular weight excluding hydrogens is 236 g/mol. The first-order chi connectivity index (χ1) is 9.22. The van der Waals surface area contributed by atoms with E-state index in [1.165, 1.54) is 31.6 Å². The highest BCUT2D eigenvalue weighted by Crippen LogP contribution is 2.28. The lowest BCUT2D eigenvalue weighted by molar-refractivity contribution is 0.253. The predicted molar refractivity (Wildman–Crippen MR) is 77.9 cm³/mol. The number of nitrogen functional groups attached to an aromatic ring is 1. The largest absolute Gasteiger partial charge is 0.399 e.